The second-order valence-corrected chi connectivity index (χ2v) is 5.41. The summed E-state index contributed by atoms with van der Waals surface area (Å²) in [4.78, 5) is 20.2. The Kier molecular flexibility index (Phi) is 7.00. The van der Waals surface area contributed by atoms with Crippen molar-refractivity contribution in [3.8, 4) is 0 Å². The normalized spacial score (nSPS) is 15.0. The molecule has 2 atom stereocenters. The molecular weight excluding hydrogens is 276 g/mol. The van der Waals surface area contributed by atoms with Crippen LogP contribution in [0.1, 0.15) is 39.3 Å². The zero-order valence-electron chi connectivity index (χ0n) is 12.6. The van der Waals surface area contributed by atoms with Crippen LogP contribution in [0.2, 0.25) is 0 Å². The van der Waals surface area contributed by atoms with Gasteiger partial charge in [0.1, 0.15) is 11.6 Å². The summed E-state index contributed by atoms with van der Waals surface area (Å²) in [6.07, 6.45) is -1.60. The molecule has 0 aliphatic heterocycles. The maximum atomic E-state index is 11.4. The van der Waals surface area contributed by atoms with Gasteiger partial charge in [-0.1, -0.05) is 30.3 Å². The van der Waals surface area contributed by atoms with Gasteiger partial charge in [-0.15, -0.1) is 0 Å². The van der Waals surface area contributed by atoms with Crippen LogP contribution in [0.5, 0.6) is 0 Å². The molecule has 0 bridgehead atoms. The van der Waals surface area contributed by atoms with E-state index < -0.39 is 16.9 Å². The summed E-state index contributed by atoms with van der Waals surface area (Å²) >= 11 is 0. The maximum absolute atomic E-state index is 11.4. The van der Waals surface area contributed by atoms with Crippen molar-refractivity contribution in [2.75, 3.05) is 0 Å². The van der Waals surface area contributed by atoms with E-state index in [2.05, 4.69) is 4.74 Å². The molecule has 0 aliphatic carbocycles. The maximum Gasteiger partial charge on any atom is 0.534 e. The smallest absolute Gasteiger partial charge is 0.534 e. The molecule has 1 amide bonds. The minimum absolute atomic E-state index is 0.318. The third-order valence-electron chi connectivity index (χ3n) is 2.56. The van der Waals surface area contributed by atoms with Gasteiger partial charge in [-0.25, -0.2) is 0 Å². The summed E-state index contributed by atoms with van der Waals surface area (Å²) in [5.74, 6) is 5.12. The van der Waals surface area contributed by atoms with E-state index >= 15 is 0 Å². The number of ether oxygens (including phenoxy) is 1. The van der Waals surface area contributed by atoms with Crippen molar-refractivity contribution in [3.63, 3.8) is 0 Å². The van der Waals surface area contributed by atoms with E-state index in [1.807, 2.05) is 20.8 Å². The van der Waals surface area contributed by atoms with Crippen LogP contribution in [0, 0.1) is 5.21 Å². The first-order valence-electron chi connectivity index (χ1n) is 6.30. The number of amides is 1. The van der Waals surface area contributed by atoms with Crippen molar-refractivity contribution in [2.24, 2.45) is 5.84 Å². The topological polar surface area (TPSA) is 113 Å². The van der Waals surface area contributed by atoms with Crippen LogP contribution in [0.25, 0.3) is 0 Å². The Hall–Kier alpha value is -1.96. The summed E-state index contributed by atoms with van der Waals surface area (Å²) in [6, 6.07) is 7.76. The van der Waals surface area contributed by atoms with Gasteiger partial charge in [-0.2, -0.15) is 15.4 Å². The summed E-state index contributed by atoms with van der Waals surface area (Å²) in [6.45, 7) is 7.40. The summed E-state index contributed by atoms with van der Waals surface area (Å²) < 4.78 is 2.75. The highest BCUT2D eigenvalue weighted by molar-refractivity contribution is 5.57. The molecule has 0 radical (unpaired) electrons. The second-order valence-electron chi connectivity index (χ2n) is 5.41. The zero-order chi connectivity index (χ0) is 16.7. The van der Waals surface area contributed by atoms with E-state index in [0.29, 0.717) is 12.0 Å². The molecule has 3 N–H and O–H groups in total. The lowest BCUT2D eigenvalue weighted by Gasteiger charge is -2.35. The Morgan fingerprint density at radius 3 is 2.14 bits per heavy atom. The predicted octanol–water partition coefficient (Wildman–Crippen LogP) is 2.57. The van der Waals surface area contributed by atoms with Crippen molar-refractivity contribution < 1.29 is 24.2 Å². The number of carboxylic acid groups (broad SMARTS) is 1. The molecule has 0 saturated heterocycles. The average Bonchev–Trinajstić information content (AvgIpc) is 2.38. The quantitative estimate of drug-likeness (QED) is 0.291. The van der Waals surface area contributed by atoms with E-state index in [0.717, 1.165) is 0 Å². The van der Waals surface area contributed by atoms with Crippen LogP contribution < -0.4 is 5.84 Å². The zero-order valence-corrected chi connectivity index (χ0v) is 12.6. The third-order valence-corrected chi connectivity index (χ3v) is 2.56. The minimum Gasteiger partial charge on any atom is -0.601 e. The molecular formula is C14H22N2O5. The van der Waals surface area contributed by atoms with Gasteiger partial charge in [-0.05, 0) is 27.7 Å². The number of benzene rings is 1. The summed E-state index contributed by atoms with van der Waals surface area (Å²) in [5, 5.41) is 20.0. The second kappa shape index (κ2) is 7.72. The third kappa shape index (κ3) is 6.84. The van der Waals surface area contributed by atoms with Gasteiger partial charge < -0.3 is 15.1 Å². The highest BCUT2D eigenvalue weighted by Crippen LogP contribution is 2.22. The molecule has 0 saturated carbocycles. The van der Waals surface area contributed by atoms with Crippen LogP contribution in [0.4, 0.5) is 4.79 Å². The molecule has 118 valence electrons. The molecule has 0 aromatic heterocycles. The molecule has 0 aliphatic rings. The largest absolute Gasteiger partial charge is 0.601 e. The first kappa shape index (κ1) is 19.0. The number of hydrogen-bond acceptors (Lipinski definition) is 5. The molecule has 1 aromatic carbocycles. The highest BCUT2D eigenvalue weighted by atomic mass is 16.6. The monoisotopic (exact) mass is 298 g/mol. The first-order chi connectivity index (χ1) is 9.52. The lowest BCUT2D eigenvalue weighted by molar-refractivity contribution is -0.850. The number of carbonyl (C=O) groups is 2. The highest BCUT2D eigenvalue weighted by Gasteiger charge is 2.31. The van der Waals surface area contributed by atoms with Crippen molar-refractivity contribution in [2.45, 2.75) is 39.3 Å². The van der Waals surface area contributed by atoms with Crippen LogP contribution in [-0.4, -0.2) is 28.0 Å². The number of quaternary nitrogens is 1. The molecule has 7 nitrogen and oxygen atoms in total. The average molecular weight is 298 g/mol. The van der Waals surface area contributed by atoms with Crippen molar-refractivity contribution >= 4 is 12.6 Å². The minimum atomic E-state index is -1.80. The number of hydroxylamine groups is 2. The van der Waals surface area contributed by atoms with Gasteiger partial charge in [0.15, 0.2) is 0 Å². The van der Waals surface area contributed by atoms with Crippen molar-refractivity contribution in [1.82, 2.24) is 0 Å². The lowest BCUT2D eigenvalue weighted by Crippen LogP contribution is -2.54. The van der Waals surface area contributed by atoms with Crippen molar-refractivity contribution in [1.29, 1.82) is 0 Å². The molecule has 21 heavy (non-hydrogen) atoms. The van der Waals surface area contributed by atoms with Crippen LogP contribution in [0.3, 0.4) is 0 Å². The number of hydrogen-bond donors (Lipinski definition) is 2. The Bertz CT molecular complexity index is 454. The fourth-order valence-corrected chi connectivity index (χ4v) is 1.26. The van der Waals surface area contributed by atoms with Gasteiger partial charge in [0.05, 0.1) is 0 Å². The fraction of sp³-hybridized carbons (Fsp3) is 0.429. The summed E-state index contributed by atoms with van der Waals surface area (Å²) in [7, 11) is 0. The molecule has 0 fully saturated rings. The lowest BCUT2D eigenvalue weighted by atomic mass is 10.1. The van der Waals surface area contributed by atoms with Gasteiger partial charge in [0.25, 0.3) is 6.47 Å². The number of rotatable bonds is 3. The Morgan fingerprint density at radius 2 is 1.86 bits per heavy atom. The first-order valence-corrected chi connectivity index (χ1v) is 6.30. The number of nitrogens with zero attached hydrogens (tertiary/aromatic N) is 1. The Labute approximate surface area is 124 Å². The molecule has 1 aromatic rings. The van der Waals surface area contributed by atoms with Crippen LogP contribution in [0.15, 0.2) is 30.3 Å². The van der Waals surface area contributed by atoms with Crippen molar-refractivity contribution in [3.05, 3.63) is 41.1 Å². The standard InChI is InChI=1S/C9H12N2O3.C5H10O2/c1-7(11(10,14)9(12)13)8-5-3-2-4-6-8;1-5(2,3)7-4-6/h2-7H,10H2,1H3,(H,12,13);4H,1-3H3. The Balaban J connectivity index is 0.000000486. The van der Waals surface area contributed by atoms with E-state index in [-0.39, 0.29) is 5.60 Å². The number of carbonyl (C=O) groups excluding carboxylic acids is 1. The molecule has 2 unspecified atom stereocenters. The van der Waals surface area contributed by atoms with Crippen LogP contribution >= 0.6 is 0 Å². The van der Waals surface area contributed by atoms with Gasteiger partial charge in [-0.3, -0.25) is 4.79 Å². The van der Waals surface area contributed by atoms with Gasteiger partial charge >= 0.3 is 6.09 Å². The van der Waals surface area contributed by atoms with E-state index in [4.69, 9.17) is 10.9 Å². The molecule has 0 heterocycles. The van der Waals surface area contributed by atoms with Gasteiger partial charge in [0.2, 0.25) is 0 Å². The molecule has 0 spiro atoms. The SMILES string of the molecule is CC(C)(C)OC=O.CC(c1ccccc1)[N+](N)([O-])C(=O)O. The van der Waals surface area contributed by atoms with Gasteiger partial charge in [0, 0.05) is 5.56 Å². The summed E-state index contributed by atoms with van der Waals surface area (Å²) in [5.41, 5.74) is 0.286. The van der Waals surface area contributed by atoms with E-state index in [1.165, 1.54) is 6.92 Å². The van der Waals surface area contributed by atoms with E-state index in [1.54, 1.807) is 30.3 Å². The number of nitrogens with two attached hydrogens (primary N) is 1. The van der Waals surface area contributed by atoms with Crippen LogP contribution in [-0.2, 0) is 9.53 Å². The predicted molar refractivity (Wildman–Crippen MR) is 77.6 cm³/mol. The molecule has 1 rings (SSSR count). The van der Waals surface area contributed by atoms with E-state index in [9.17, 15) is 14.8 Å². The molecule has 7 heteroatoms. The fourth-order valence-electron chi connectivity index (χ4n) is 1.26. The Morgan fingerprint density at radius 1 is 1.38 bits per heavy atom.